The van der Waals surface area contributed by atoms with Gasteiger partial charge in [-0.15, -0.1) is 0 Å². The highest BCUT2D eigenvalue weighted by molar-refractivity contribution is 5.95. The molecule has 0 aromatic carbocycles. The van der Waals surface area contributed by atoms with Crippen molar-refractivity contribution >= 4 is 11.8 Å². The Bertz CT molecular complexity index is 432. The smallest absolute Gasteiger partial charge is 0.226 e. The standard InChI is InChI=1S/C11H20N6O/c1-8-7-9(10(12)15-18)14-11(13-8)17(4)6-5-16(2)3/h7,18H,5-6H2,1-4H3,(H2,12,15). The number of nitrogens with two attached hydrogens (primary N) is 1. The zero-order valence-electron chi connectivity index (χ0n) is 11.3. The molecule has 0 unspecified atom stereocenters. The molecular formula is C11H20N6O. The summed E-state index contributed by atoms with van der Waals surface area (Å²) in [4.78, 5) is 12.6. The van der Waals surface area contributed by atoms with Crippen LogP contribution in [-0.2, 0) is 0 Å². The number of oxime groups is 1. The topological polar surface area (TPSA) is 90.9 Å². The normalized spacial score (nSPS) is 11.9. The van der Waals surface area contributed by atoms with Gasteiger partial charge in [0.2, 0.25) is 5.95 Å². The summed E-state index contributed by atoms with van der Waals surface area (Å²) in [6, 6.07) is 1.68. The Hall–Kier alpha value is -1.89. The fraction of sp³-hybridized carbons (Fsp3) is 0.545. The van der Waals surface area contributed by atoms with Crippen molar-refractivity contribution in [2.75, 3.05) is 39.1 Å². The molecule has 7 nitrogen and oxygen atoms in total. The summed E-state index contributed by atoms with van der Waals surface area (Å²) in [5, 5.41) is 11.6. The lowest BCUT2D eigenvalue weighted by molar-refractivity contribution is 0.318. The van der Waals surface area contributed by atoms with E-state index in [1.165, 1.54) is 0 Å². The average Bonchev–Trinajstić information content (AvgIpc) is 2.34. The molecule has 1 aromatic rings. The lowest BCUT2D eigenvalue weighted by atomic mass is 10.3. The lowest BCUT2D eigenvalue weighted by Crippen LogP contribution is -2.30. The van der Waals surface area contributed by atoms with E-state index in [0.717, 1.165) is 18.8 Å². The number of aryl methyl sites for hydroxylation is 1. The Balaban J connectivity index is 2.92. The van der Waals surface area contributed by atoms with Gasteiger partial charge in [0.05, 0.1) is 0 Å². The van der Waals surface area contributed by atoms with Gasteiger partial charge >= 0.3 is 0 Å². The first-order valence-corrected chi connectivity index (χ1v) is 5.63. The number of amidine groups is 1. The molecule has 0 aliphatic rings. The first kappa shape index (κ1) is 14.2. The molecule has 18 heavy (non-hydrogen) atoms. The molecule has 0 amide bonds. The van der Waals surface area contributed by atoms with E-state index < -0.39 is 0 Å². The van der Waals surface area contributed by atoms with Crippen LogP contribution in [0.4, 0.5) is 5.95 Å². The van der Waals surface area contributed by atoms with E-state index in [0.29, 0.717) is 11.6 Å². The van der Waals surface area contributed by atoms with Crippen LogP contribution < -0.4 is 10.6 Å². The Morgan fingerprint density at radius 1 is 1.33 bits per heavy atom. The minimum absolute atomic E-state index is 0.0113. The third kappa shape index (κ3) is 3.85. The predicted molar refractivity (Wildman–Crippen MR) is 71.1 cm³/mol. The van der Waals surface area contributed by atoms with Crippen LogP contribution in [-0.4, -0.2) is 60.1 Å². The largest absolute Gasteiger partial charge is 0.409 e. The zero-order chi connectivity index (χ0) is 13.7. The number of hydrogen-bond acceptors (Lipinski definition) is 6. The molecule has 0 aliphatic carbocycles. The van der Waals surface area contributed by atoms with Crippen LogP contribution >= 0.6 is 0 Å². The van der Waals surface area contributed by atoms with E-state index in [4.69, 9.17) is 10.9 Å². The van der Waals surface area contributed by atoms with Crippen LogP contribution in [0.2, 0.25) is 0 Å². The van der Waals surface area contributed by atoms with Crippen molar-refractivity contribution in [2.45, 2.75) is 6.92 Å². The van der Waals surface area contributed by atoms with Crippen LogP contribution in [0.1, 0.15) is 11.4 Å². The second kappa shape index (κ2) is 6.15. The Labute approximate surface area is 107 Å². The summed E-state index contributed by atoms with van der Waals surface area (Å²) in [5.41, 5.74) is 6.74. The molecule has 0 aliphatic heterocycles. The SMILES string of the molecule is Cc1cc(/C(N)=N/O)nc(N(C)CCN(C)C)n1. The Kier molecular flexibility index (Phi) is 4.85. The summed E-state index contributed by atoms with van der Waals surface area (Å²) in [6.07, 6.45) is 0. The van der Waals surface area contributed by atoms with Gasteiger partial charge in [0.15, 0.2) is 5.84 Å². The molecule has 1 heterocycles. The Morgan fingerprint density at radius 2 is 2.00 bits per heavy atom. The van der Waals surface area contributed by atoms with Gasteiger partial charge in [-0.25, -0.2) is 9.97 Å². The van der Waals surface area contributed by atoms with Crippen molar-refractivity contribution < 1.29 is 5.21 Å². The van der Waals surface area contributed by atoms with E-state index in [9.17, 15) is 0 Å². The number of anilines is 1. The van der Waals surface area contributed by atoms with E-state index in [-0.39, 0.29) is 5.84 Å². The van der Waals surface area contributed by atoms with Crippen molar-refractivity contribution in [1.82, 2.24) is 14.9 Å². The molecule has 1 rings (SSSR count). The van der Waals surface area contributed by atoms with E-state index >= 15 is 0 Å². The summed E-state index contributed by atoms with van der Waals surface area (Å²) in [6.45, 7) is 3.54. The number of hydrogen-bond donors (Lipinski definition) is 2. The van der Waals surface area contributed by atoms with Crippen LogP contribution in [0.15, 0.2) is 11.2 Å². The zero-order valence-corrected chi connectivity index (χ0v) is 11.3. The highest BCUT2D eigenvalue weighted by Gasteiger charge is 2.10. The summed E-state index contributed by atoms with van der Waals surface area (Å²) in [5.74, 6) is 0.557. The maximum absolute atomic E-state index is 8.67. The molecule has 0 fully saturated rings. The van der Waals surface area contributed by atoms with E-state index in [1.54, 1.807) is 6.07 Å². The van der Waals surface area contributed by atoms with Crippen molar-refractivity contribution in [3.8, 4) is 0 Å². The molecule has 0 saturated carbocycles. The minimum Gasteiger partial charge on any atom is -0.409 e. The van der Waals surface area contributed by atoms with Gasteiger partial charge in [0.1, 0.15) is 5.69 Å². The lowest BCUT2D eigenvalue weighted by Gasteiger charge is -2.20. The van der Waals surface area contributed by atoms with Gasteiger partial charge in [0, 0.05) is 25.8 Å². The van der Waals surface area contributed by atoms with Crippen LogP contribution in [0.5, 0.6) is 0 Å². The third-order valence-corrected chi connectivity index (χ3v) is 2.44. The predicted octanol–water partition coefficient (Wildman–Crippen LogP) is -0.123. The van der Waals surface area contributed by atoms with Crippen molar-refractivity contribution in [3.63, 3.8) is 0 Å². The van der Waals surface area contributed by atoms with Crippen LogP contribution in [0.25, 0.3) is 0 Å². The first-order valence-electron chi connectivity index (χ1n) is 5.63. The highest BCUT2D eigenvalue weighted by atomic mass is 16.4. The van der Waals surface area contributed by atoms with Crippen LogP contribution in [0, 0.1) is 6.92 Å². The number of likely N-dealkylation sites (N-methyl/N-ethyl adjacent to an activating group) is 2. The maximum Gasteiger partial charge on any atom is 0.226 e. The van der Waals surface area contributed by atoms with E-state index in [2.05, 4.69) is 20.0 Å². The quantitative estimate of drug-likeness (QED) is 0.328. The van der Waals surface area contributed by atoms with Crippen molar-refractivity contribution in [3.05, 3.63) is 17.5 Å². The van der Waals surface area contributed by atoms with Gasteiger partial charge < -0.3 is 20.7 Å². The first-order chi connectivity index (χ1) is 8.43. The van der Waals surface area contributed by atoms with Crippen molar-refractivity contribution in [2.24, 2.45) is 10.9 Å². The molecular weight excluding hydrogens is 232 g/mol. The van der Waals surface area contributed by atoms with Gasteiger partial charge in [-0.1, -0.05) is 5.16 Å². The van der Waals surface area contributed by atoms with Crippen molar-refractivity contribution in [1.29, 1.82) is 0 Å². The third-order valence-electron chi connectivity index (χ3n) is 2.44. The van der Waals surface area contributed by atoms with Crippen LogP contribution in [0.3, 0.4) is 0 Å². The monoisotopic (exact) mass is 252 g/mol. The van der Waals surface area contributed by atoms with Gasteiger partial charge in [-0.3, -0.25) is 0 Å². The average molecular weight is 252 g/mol. The Morgan fingerprint density at radius 3 is 2.56 bits per heavy atom. The fourth-order valence-corrected chi connectivity index (χ4v) is 1.36. The molecule has 0 spiro atoms. The fourth-order valence-electron chi connectivity index (χ4n) is 1.36. The van der Waals surface area contributed by atoms with E-state index in [1.807, 2.05) is 33.0 Å². The summed E-state index contributed by atoms with van der Waals surface area (Å²) in [7, 11) is 5.92. The second-order valence-corrected chi connectivity index (χ2v) is 4.40. The molecule has 0 bridgehead atoms. The summed E-state index contributed by atoms with van der Waals surface area (Å²) >= 11 is 0. The molecule has 0 atom stereocenters. The molecule has 1 aromatic heterocycles. The van der Waals surface area contributed by atoms with Gasteiger partial charge in [-0.2, -0.15) is 0 Å². The van der Waals surface area contributed by atoms with Gasteiger partial charge in [-0.05, 0) is 27.1 Å². The second-order valence-electron chi connectivity index (χ2n) is 4.40. The molecule has 7 heteroatoms. The molecule has 0 saturated heterocycles. The molecule has 3 N–H and O–H groups in total. The maximum atomic E-state index is 8.67. The number of nitrogens with zero attached hydrogens (tertiary/aromatic N) is 5. The number of aromatic nitrogens is 2. The molecule has 0 radical (unpaired) electrons. The molecule has 100 valence electrons. The summed E-state index contributed by atoms with van der Waals surface area (Å²) < 4.78 is 0. The highest BCUT2D eigenvalue weighted by Crippen LogP contribution is 2.08. The van der Waals surface area contributed by atoms with Gasteiger partial charge in [0.25, 0.3) is 0 Å². The minimum atomic E-state index is -0.0113. The number of rotatable bonds is 5.